The highest BCUT2D eigenvalue weighted by Gasteiger charge is 2.07. The third-order valence-corrected chi connectivity index (χ3v) is 3.85. The van der Waals surface area contributed by atoms with Crippen LogP contribution in [0, 0.1) is 5.82 Å². The van der Waals surface area contributed by atoms with E-state index >= 15 is 0 Å². The molecule has 0 radical (unpaired) electrons. The van der Waals surface area contributed by atoms with Crippen LogP contribution in [0.3, 0.4) is 0 Å². The van der Waals surface area contributed by atoms with Crippen molar-refractivity contribution in [3.8, 4) is 0 Å². The van der Waals surface area contributed by atoms with Crippen LogP contribution in [0.15, 0.2) is 52.9 Å². The van der Waals surface area contributed by atoms with Crippen molar-refractivity contribution in [1.29, 1.82) is 0 Å². The molecule has 2 aromatic carbocycles. The Labute approximate surface area is 134 Å². The summed E-state index contributed by atoms with van der Waals surface area (Å²) in [7, 11) is 0. The zero-order valence-electron chi connectivity index (χ0n) is 12.9. The molecule has 0 fully saturated rings. The Kier molecular flexibility index (Phi) is 5.05. The summed E-state index contributed by atoms with van der Waals surface area (Å²) in [5.74, 6) is 0.699. The molecule has 0 amide bonds. The number of furan rings is 1. The van der Waals surface area contributed by atoms with E-state index in [9.17, 15) is 4.39 Å². The zero-order chi connectivity index (χ0) is 16.1. The van der Waals surface area contributed by atoms with Crippen LogP contribution >= 0.6 is 0 Å². The molecule has 3 nitrogen and oxygen atoms in total. The summed E-state index contributed by atoms with van der Waals surface area (Å²) < 4.78 is 19.5. The van der Waals surface area contributed by atoms with Gasteiger partial charge in [-0.1, -0.05) is 30.3 Å². The number of aryl methyl sites for hydroxylation is 2. The van der Waals surface area contributed by atoms with Gasteiger partial charge in [0.05, 0.1) is 6.61 Å². The van der Waals surface area contributed by atoms with E-state index in [4.69, 9.17) is 9.52 Å². The molecule has 23 heavy (non-hydrogen) atoms. The molecule has 2 N–H and O–H groups in total. The lowest BCUT2D eigenvalue weighted by Gasteiger charge is -2.02. The number of hydrogen-bond donors (Lipinski definition) is 2. The largest absolute Gasteiger partial charge is 0.461 e. The second-order valence-corrected chi connectivity index (χ2v) is 5.58. The lowest BCUT2D eigenvalue weighted by Crippen LogP contribution is -2.17. The first-order valence-corrected chi connectivity index (χ1v) is 7.82. The first-order chi connectivity index (χ1) is 11.3. The molecule has 120 valence electrons. The van der Waals surface area contributed by atoms with Crippen molar-refractivity contribution < 1.29 is 13.9 Å². The highest BCUT2D eigenvalue weighted by atomic mass is 19.1. The van der Waals surface area contributed by atoms with Crippen molar-refractivity contribution in [2.45, 2.75) is 19.4 Å². The Morgan fingerprint density at radius 3 is 2.74 bits per heavy atom. The Morgan fingerprint density at radius 1 is 1.04 bits per heavy atom. The summed E-state index contributed by atoms with van der Waals surface area (Å²) in [5, 5.41) is 13.0. The van der Waals surface area contributed by atoms with Crippen LogP contribution in [0.5, 0.6) is 0 Å². The molecular weight excluding hydrogens is 293 g/mol. The van der Waals surface area contributed by atoms with Crippen molar-refractivity contribution in [2.24, 2.45) is 0 Å². The van der Waals surface area contributed by atoms with Crippen LogP contribution in [0.2, 0.25) is 0 Å². The number of aliphatic hydroxyl groups is 1. The van der Waals surface area contributed by atoms with Gasteiger partial charge < -0.3 is 14.8 Å². The van der Waals surface area contributed by atoms with E-state index < -0.39 is 0 Å². The van der Waals surface area contributed by atoms with E-state index in [0.717, 1.165) is 22.3 Å². The molecule has 0 aliphatic rings. The average Bonchev–Trinajstić information content (AvgIpc) is 2.96. The Balaban J connectivity index is 1.69. The predicted octanol–water partition coefficient (Wildman–Crippen LogP) is 3.44. The number of benzene rings is 2. The van der Waals surface area contributed by atoms with Crippen molar-refractivity contribution in [3.63, 3.8) is 0 Å². The summed E-state index contributed by atoms with van der Waals surface area (Å²) >= 11 is 0. The molecule has 0 unspecified atom stereocenters. The van der Waals surface area contributed by atoms with E-state index in [0.29, 0.717) is 31.5 Å². The van der Waals surface area contributed by atoms with E-state index in [1.54, 1.807) is 6.07 Å². The lowest BCUT2D eigenvalue weighted by molar-refractivity contribution is 0.292. The molecule has 1 heterocycles. The number of fused-ring (bicyclic) bond motifs is 1. The summed E-state index contributed by atoms with van der Waals surface area (Å²) in [6.07, 6.45) is 1.30. The van der Waals surface area contributed by atoms with Gasteiger partial charge in [0.2, 0.25) is 0 Å². The standard InChI is InChI=1S/C19H20FNO2/c20-18-4-2-1-3-15(18)7-8-17-12-16-6-5-14(11-19(16)23-17)13-21-9-10-22/h1-6,11-12,21-22H,7-10,13H2. The number of halogens is 1. The Hall–Kier alpha value is -2.17. The molecule has 0 aliphatic heterocycles. The van der Waals surface area contributed by atoms with Crippen LogP contribution in [0.25, 0.3) is 11.0 Å². The monoisotopic (exact) mass is 313 g/mol. The van der Waals surface area contributed by atoms with Gasteiger partial charge in [-0.15, -0.1) is 0 Å². The molecule has 0 aliphatic carbocycles. The Morgan fingerprint density at radius 2 is 1.91 bits per heavy atom. The molecule has 0 saturated carbocycles. The summed E-state index contributed by atoms with van der Waals surface area (Å²) in [4.78, 5) is 0. The third-order valence-electron chi connectivity index (χ3n) is 3.85. The number of nitrogens with one attached hydrogen (secondary N) is 1. The minimum atomic E-state index is -0.166. The fourth-order valence-corrected chi connectivity index (χ4v) is 2.63. The highest BCUT2D eigenvalue weighted by molar-refractivity contribution is 5.78. The fourth-order valence-electron chi connectivity index (χ4n) is 2.63. The van der Waals surface area contributed by atoms with Crippen LogP contribution in [-0.2, 0) is 19.4 Å². The maximum absolute atomic E-state index is 13.6. The van der Waals surface area contributed by atoms with Gasteiger partial charge in [-0.25, -0.2) is 4.39 Å². The molecular formula is C19H20FNO2. The van der Waals surface area contributed by atoms with Crippen LogP contribution < -0.4 is 5.32 Å². The van der Waals surface area contributed by atoms with Crippen LogP contribution in [0.1, 0.15) is 16.9 Å². The summed E-state index contributed by atoms with van der Waals surface area (Å²) in [6, 6.07) is 14.9. The molecule has 3 rings (SSSR count). The van der Waals surface area contributed by atoms with Gasteiger partial charge in [0.1, 0.15) is 17.2 Å². The van der Waals surface area contributed by atoms with E-state index in [-0.39, 0.29) is 12.4 Å². The first kappa shape index (κ1) is 15.7. The van der Waals surface area contributed by atoms with Crippen molar-refractivity contribution in [3.05, 3.63) is 71.2 Å². The van der Waals surface area contributed by atoms with Gasteiger partial charge in [0, 0.05) is 24.9 Å². The Bertz CT molecular complexity index is 782. The molecule has 4 heteroatoms. The minimum Gasteiger partial charge on any atom is -0.461 e. The van der Waals surface area contributed by atoms with Crippen molar-refractivity contribution in [1.82, 2.24) is 5.32 Å². The normalized spacial score (nSPS) is 11.2. The topological polar surface area (TPSA) is 45.4 Å². The maximum atomic E-state index is 13.6. The fraction of sp³-hybridized carbons (Fsp3) is 0.263. The molecule has 3 aromatic rings. The summed E-state index contributed by atoms with van der Waals surface area (Å²) in [6.45, 7) is 1.40. The zero-order valence-corrected chi connectivity index (χ0v) is 12.9. The number of hydrogen-bond acceptors (Lipinski definition) is 3. The molecule has 0 spiro atoms. The number of aliphatic hydroxyl groups excluding tert-OH is 1. The maximum Gasteiger partial charge on any atom is 0.134 e. The molecule has 0 atom stereocenters. The van der Waals surface area contributed by atoms with Gasteiger partial charge in [0.25, 0.3) is 0 Å². The van der Waals surface area contributed by atoms with Gasteiger partial charge >= 0.3 is 0 Å². The molecule has 1 aromatic heterocycles. The van der Waals surface area contributed by atoms with Gasteiger partial charge in [-0.05, 0) is 35.7 Å². The second kappa shape index (κ2) is 7.40. The number of rotatable bonds is 7. The quantitative estimate of drug-likeness (QED) is 0.657. The van der Waals surface area contributed by atoms with Crippen LogP contribution in [0.4, 0.5) is 4.39 Å². The highest BCUT2D eigenvalue weighted by Crippen LogP contribution is 2.22. The van der Waals surface area contributed by atoms with Crippen LogP contribution in [-0.4, -0.2) is 18.3 Å². The van der Waals surface area contributed by atoms with Gasteiger partial charge in [0.15, 0.2) is 0 Å². The minimum absolute atomic E-state index is 0.128. The predicted molar refractivity (Wildman–Crippen MR) is 88.8 cm³/mol. The van der Waals surface area contributed by atoms with Crippen molar-refractivity contribution in [2.75, 3.05) is 13.2 Å². The average molecular weight is 313 g/mol. The summed E-state index contributed by atoms with van der Waals surface area (Å²) in [5.41, 5.74) is 2.67. The molecule has 0 saturated heterocycles. The lowest BCUT2D eigenvalue weighted by atomic mass is 10.1. The van der Waals surface area contributed by atoms with E-state index in [1.807, 2.05) is 36.4 Å². The van der Waals surface area contributed by atoms with E-state index in [1.165, 1.54) is 6.07 Å². The van der Waals surface area contributed by atoms with E-state index in [2.05, 4.69) is 5.32 Å². The first-order valence-electron chi connectivity index (χ1n) is 7.82. The van der Waals surface area contributed by atoms with Crippen molar-refractivity contribution >= 4 is 11.0 Å². The smallest absolute Gasteiger partial charge is 0.134 e. The third kappa shape index (κ3) is 3.97. The SMILES string of the molecule is OCCNCc1ccc2cc(CCc3ccccc3F)oc2c1. The second-order valence-electron chi connectivity index (χ2n) is 5.58. The molecule has 0 bridgehead atoms. The van der Waals surface area contributed by atoms with Gasteiger partial charge in [-0.3, -0.25) is 0 Å². The van der Waals surface area contributed by atoms with Gasteiger partial charge in [-0.2, -0.15) is 0 Å².